The Morgan fingerprint density at radius 3 is 2.40 bits per heavy atom. The number of amides is 4. The number of carbonyl (C=O) groups excluding carboxylic acids is 3. The maximum absolute atomic E-state index is 15.0. The summed E-state index contributed by atoms with van der Waals surface area (Å²) >= 11 is 9.84. The van der Waals surface area contributed by atoms with E-state index in [2.05, 4.69) is 26.2 Å². The van der Waals surface area contributed by atoms with Crippen LogP contribution in [0.2, 0.25) is 5.02 Å². The van der Waals surface area contributed by atoms with Crippen molar-refractivity contribution >= 4 is 56.3 Å². The van der Waals surface area contributed by atoms with Crippen LogP contribution in [0, 0.1) is 0 Å². The molecule has 4 amide bonds. The molecule has 0 spiro atoms. The number of hydrogen-bond donors (Lipinski definition) is 2. The van der Waals surface area contributed by atoms with E-state index in [1.54, 1.807) is 4.90 Å². The minimum atomic E-state index is -1.18. The number of H-pyrrole nitrogens is 1. The van der Waals surface area contributed by atoms with Crippen LogP contribution in [0.4, 0.5) is 4.79 Å². The summed E-state index contributed by atoms with van der Waals surface area (Å²) in [7, 11) is 0. The zero-order chi connectivity index (χ0) is 30.1. The molecule has 8 nitrogen and oxygen atoms in total. The number of benzene rings is 3. The summed E-state index contributed by atoms with van der Waals surface area (Å²) in [6.07, 6.45) is 1.95. The van der Waals surface area contributed by atoms with Crippen molar-refractivity contribution in [3.8, 4) is 0 Å². The third-order valence-electron chi connectivity index (χ3n) is 8.62. The number of halogens is 2. The Kier molecular flexibility index (Phi) is 8.20. The van der Waals surface area contributed by atoms with Crippen LogP contribution >= 0.6 is 27.5 Å². The van der Waals surface area contributed by atoms with E-state index in [1.165, 1.54) is 0 Å². The lowest BCUT2D eigenvalue weighted by atomic mass is 9.70. The lowest BCUT2D eigenvalue weighted by Gasteiger charge is -2.43. The summed E-state index contributed by atoms with van der Waals surface area (Å²) in [5, 5.41) is 4.37. The number of fused-ring (bicyclic) bond motifs is 1. The normalized spacial score (nSPS) is 20.6. The van der Waals surface area contributed by atoms with Gasteiger partial charge in [-0.15, -0.1) is 0 Å². The molecule has 222 valence electrons. The highest BCUT2D eigenvalue weighted by molar-refractivity contribution is 9.10. The van der Waals surface area contributed by atoms with Crippen molar-refractivity contribution in [3.63, 3.8) is 0 Å². The Labute approximate surface area is 264 Å². The summed E-state index contributed by atoms with van der Waals surface area (Å²) in [5.41, 5.74) is 2.29. The number of aromatic nitrogens is 1. The van der Waals surface area contributed by atoms with E-state index in [0.29, 0.717) is 44.3 Å². The third-order valence-corrected chi connectivity index (χ3v) is 9.38. The van der Waals surface area contributed by atoms with Crippen molar-refractivity contribution in [2.45, 2.75) is 31.3 Å². The van der Waals surface area contributed by atoms with Gasteiger partial charge in [-0.2, -0.15) is 0 Å². The highest BCUT2D eigenvalue weighted by atomic mass is 79.9. The molecule has 6 rings (SSSR count). The van der Waals surface area contributed by atoms with Gasteiger partial charge in [0.05, 0.1) is 6.04 Å². The number of nitrogens with one attached hydrogen (secondary N) is 2. The number of piperazine rings is 1. The Balaban J connectivity index is 1.47. The molecule has 2 aliphatic rings. The predicted molar refractivity (Wildman–Crippen MR) is 171 cm³/mol. The molecule has 1 aromatic heterocycles. The molecule has 1 unspecified atom stereocenters. The summed E-state index contributed by atoms with van der Waals surface area (Å²) in [4.78, 5) is 50.5. The molecule has 10 heteroatoms. The van der Waals surface area contributed by atoms with Gasteiger partial charge in [0.2, 0.25) is 11.8 Å². The number of aromatic amines is 1. The fourth-order valence-electron chi connectivity index (χ4n) is 6.56. The second-order valence-electron chi connectivity index (χ2n) is 11.1. The predicted octanol–water partition coefficient (Wildman–Crippen LogP) is 5.87. The minimum Gasteiger partial charge on any atom is -0.361 e. The number of hydrogen-bond acceptors (Lipinski definition) is 3. The molecule has 2 N–H and O–H groups in total. The maximum atomic E-state index is 15.0. The van der Waals surface area contributed by atoms with E-state index >= 15 is 0 Å². The van der Waals surface area contributed by atoms with Crippen molar-refractivity contribution in [3.05, 3.63) is 105 Å². The van der Waals surface area contributed by atoms with Gasteiger partial charge in [-0.3, -0.25) is 9.59 Å². The summed E-state index contributed by atoms with van der Waals surface area (Å²) in [5.74, 6) is -0.191. The van der Waals surface area contributed by atoms with E-state index in [0.717, 1.165) is 32.1 Å². The molecule has 0 aliphatic carbocycles. The molecular weight excluding hydrogens is 630 g/mol. The molecule has 0 radical (unpaired) electrons. The summed E-state index contributed by atoms with van der Waals surface area (Å²) in [6.45, 7) is 4.41. The van der Waals surface area contributed by atoms with Crippen LogP contribution < -0.4 is 5.32 Å². The van der Waals surface area contributed by atoms with Gasteiger partial charge in [-0.25, -0.2) is 4.79 Å². The molecule has 3 aromatic carbocycles. The van der Waals surface area contributed by atoms with E-state index in [-0.39, 0.29) is 24.3 Å². The van der Waals surface area contributed by atoms with E-state index in [9.17, 15) is 14.4 Å². The van der Waals surface area contributed by atoms with E-state index in [1.807, 2.05) is 95.7 Å². The highest BCUT2D eigenvalue weighted by Crippen LogP contribution is 2.53. The first-order valence-corrected chi connectivity index (χ1v) is 15.7. The van der Waals surface area contributed by atoms with Crippen LogP contribution in [0.1, 0.15) is 36.1 Å². The summed E-state index contributed by atoms with van der Waals surface area (Å²) < 4.78 is 0.953. The molecule has 4 aromatic rings. The van der Waals surface area contributed by atoms with Crippen LogP contribution in [-0.4, -0.2) is 70.3 Å². The second kappa shape index (κ2) is 12.1. The van der Waals surface area contributed by atoms with Crippen molar-refractivity contribution < 1.29 is 14.4 Å². The topological polar surface area (TPSA) is 88.8 Å². The van der Waals surface area contributed by atoms with Gasteiger partial charge in [0.25, 0.3) is 0 Å². The minimum absolute atomic E-state index is 0.0356. The zero-order valence-electron chi connectivity index (χ0n) is 23.9. The maximum Gasteiger partial charge on any atom is 0.317 e. The average molecular weight is 663 g/mol. The monoisotopic (exact) mass is 661 g/mol. The number of likely N-dealkylation sites (tertiary alicyclic amines) is 1. The SMILES string of the molecule is CCNC(=O)N1CCN(C(=O)C2(c3ccccc3)CC(=O)N(Cc3ccc(Br)cc3)[C@H]2c2c[nH]c3cc(Cl)ccc23)CC1. The van der Waals surface area contributed by atoms with Gasteiger partial charge in [-0.1, -0.05) is 76.1 Å². The van der Waals surface area contributed by atoms with Gasteiger partial charge in [0.15, 0.2) is 0 Å². The van der Waals surface area contributed by atoms with Crippen LogP contribution in [0.3, 0.4) is 0 Å². The molecule has 2 aliphatic heterocycles. The summed E-state index contributed by atoms with van der Waals surface area (Å²) in [6, 6.07) is 22.5. The largest absolute Gasteiger partial charge is 0.361 e. The molecule has 0 saturated carbocycles. The number of carbonyl (C=O) groups is 3. The quantitative estimate of drug-likeness (QED) is 0.271. The first kappa shape index (κ1) is 29.3. The molecule has 2 fully saturated rings. The molecule has 2 atom stereocenters. The lowest BCUT2D eigenvalue weighted by molar-refractivity contribution is -0.140. The van der Waals surface area contributed by atoms with Crippen molar-refractivity contribution in [2.24, 2.45) is 0 Å². The first-order valence-electron chi connectivity index (χ1n) is 14.5. The number of urea groups is 1. The Bertz CT molecular complexity index is 1650. The Morgan fingerprint density at radius 2 is 1.70 bits per heavy atom. The van der Waals surface area contributed by atoms with Crippen LogP contribution in [0.25, 0.3) is 10.9 Å². The molecule has 2 saturated heterocycles. The Morgan fingerprint density at radius 1 is 1.00 bits per heavy atom. The molecule has 0 bridgehead atoms. The van der Waals surface area contributed by atoms with Crippen molar-refractivity contribution in [1.82, 2.24) is 25.0 Å². The molecule has 43 heavy (non-hydrogen) atoms. The van der Waals surface area contributed by atoms with Crippen LogP contribution in [0.5, 0.6) is 0 Å². The van der Waals surface area contributed by atoms with Gasteiger partial charge in [0.1, 0.15) is 5.41 Å². The highest BCUT2D eigenvalue weighted by Gasteiger charge is 2.60. The standard InChI is InChI=1S/C33H33BrClN5O3/c1-2-36-32(43)39-16-14-38(15-17-39)31(42)33(23-6-4-3-5-7-23)19-29(41)40(21-22-8-10-24(34)11-9-22)30(33)27-20-37-28-18-25(35)12-13-26(27)28/h3-13,18,20,30,37H,2,14-17,19,21H2,1H3,(H,36,43)/t30-,33?/m0/s1. The third kappa shape index (κ3) is 5.40. The smallest absolute Gasteiger partial charge is 0.317 e. The molecular formula is C33H33BrClN5O3. The van der Waals surface area contributed by atoms with E-state index < -0.39 is 11.5 Å². The van der Waals surface area contributed by atoms with Gasteiger partial charge >= 0.3 is 6.03 Å². The first-order chi connectivity index (χ1) is 20.8. The van der Waals surface area contributed by atoms with Crippen molar-refractivity contribution in [1.29, 1.82) is 0 Å². The van der Waals surface area contributed by atoms with Gasteiger partial charge in [0, 0.05) is 77.8 Å². The molecule has 3 heterocycles. The van der Waals surface area contributed by atoms with Crippen molar-refractivity contribution in [2.75, 3.05) is 32.7 Å². The average Bonchev–Trinajstić information content (AvgIpc) is 3.56. The zero-order valence-corrected chi connectivity index (χ0v) is 26.2. The fraction of sp³-hybridized carbons (Fsp3) is 0.303. The lowest BCUT2D eigenvalue weighted by Crippen LogP contribution is -2.58. The van der Waals surface area contributed by atoms with Gasteiger partial charge in [-0.05, 0) is 42.3 Å². The van der Waals surface area contributed by atoms with Crippen LogP contribution in [-0.2, 0) is 21.5 Å². The van der Waals surface area contributed by atoms with Gasteiger partial charge < -0.3 is 25.0 Å². The van der Waals surface area contributed by atoms with E-state index in [4.69, 9.17) is 11.6 Å². The second-order valence-corrected chi connectivity index (χ2v) is 12.5. The van der Waals surface area contributed by atoms with Crippen LogP contribution in [0.15, 0.2) is 83.5 Å². The number of nitrogens with zero attached hydrogens (tertiary/aromatic N) is 3. The Hall–Kier alpha value is -3.82. The number of rotatable bonds is 6. The fourth-order valence-corrected chi connectivity index (χ4v) is 7.00.